The lowest BCUT2D eigenvalue weighted by Gasteiger charge is -2.44. The standard InChI is InChI=1S/C22H28N4O2S/c1-17-5-6-19-16-21(8-7-18(19)15-17)29(27,28)26-10-9-23-22(26)25-13-11-24(12-14-25)20-3-2-4-20/h5-8,15-16,20H,2-4,9-14H2,1H3. The van der Waals surface area contributed by atoms with Gasteiger partial charge in [-0.1, -0.05) is 36.2 Å². The van der Waals surface area contributed by atoms with E-state index < -0.39 is 10.0 Å². The van der Waals surface area contributed by atoms with E-state index in [-0.39, 0.29) is 0 Å². The molecule has 6 nitrogen and oxygen atoms in total. The number of hydrogen-bond acceptors (Lipinski definition) is 5. The van der Waals surface area contributed by atoms with Crippen LogP contribution < -0.4 is 0 Å². The molecule has 0 N–H and O–H groups in total. The molecule has 0 amide bonds. The lowest BCUT2D eigenvalue weighted by Crippen LogP contribution is -2.56. The minimum Gasteiger partial charge on any atom is -0.339 e. The van der Waals surface area contributed by atoms with Crippen molar-refractivity contribution in [2.45, 2.75) is 37.1 Å². The summed E-state index contributed by atoms with van der Waals surface area (Å²) >= 11 is 0. The van der Waals surface area contributed by atoms with Crippen LogP contribution in [-0.4, -0.2) is 73.8 Å². The van der Waals surface area contributed by atoms with Crippen LogP contribution >= 0.6 is 0 Å². The van der Waals surface area contributed by atoms with E-state index in [1.165, 1.54) is 29.1 Å². The maximum absolute atomic E-state index is 13.4. The summed E-state index contributed by atoms with van der Waals surface area (Å²) in [5.74, 6) is 0.627. The number of guanidine groups is 1. The van der Waals surface area contributed by atoms with Crippen molar-refractivity contribution in [3.8, 4) is 0 Å². The van der Waals surface area contributed by atoms with Gasteiger partial charge in [0.1, 0.15) is 0 Å². The van der Waals surface area contributed by atoms with Gasteiger partial charge >= 0.3 is 0 Å². The lowest BCUT2D eigenvalue weighted by atomic mass is 9.91. The number of nitrogens with zero attached hydrogens (tertiary/aromatic N) is 4. The topological polar surface area (TPSA) is 56.2 Å². The van der Waals surface area contributed by atoms with Crippen LogP contribution in [-0.2, 0) is 10.0 Å². The largest absolute Gasteiger partial charge is 0.339 e. The molecule has 1 aliphatic carbocycles. The number of aryl methyl sites for hydroxylation is 1. The highest BCUT2D eigenvalue weighted by Gasteiger charge is 2.36. The molecule has 7 heteroatoms. The number of aliphatic imine (C=N–C) groups is 1. The van der Waals surface area contributed by atoms with Gasteiger partial charge in [-0.25, -0.2) is 12.7 Å². The van der Waals surface area contributed by atoms with Crippen molar-refractivity contribution in [2.75, 3.05) is 39.3 Å². The quantitative estimate of drug-likeness (QED) is 0.778. The molecule has 2 aromatic carbocycles. The average Bonchev–Trinajstić information content (AvgIpc) is 3.17. The van der Waals surface area contributed by atoms with Crippen molar-refractivity contribution in [3.63, 3.8) is 0 Å². The fourth-order valence-electron chi connectivity index (χ4n) is 4.57. The normalized spacial score (nSPS) is 21.5. The summed E-state index contributed by atoms with van der Waals surface area (Å²) in [6.45, 7) is 6.68. The Labute approximate surface area is 172 Å². The molecule has 2 heterocycles. The highest BCUT2D eigenvalue weighted by molar-refractivity contribution is 7.89. The number of hydrogen-bond donors (Lipinski definition) is 0. The first-order chi connectivity index (χ1) is 14.0. The van der Waals surface area contributed by atoms with Gasteiger partial charge in [0.25, 0.3) is 10.0 Å². The molecular weight excluding hydrogens is 384 g/mol. The van der Waals surface area contributed by atoms with Gasteiger partial charge in [0.2, 0.25) is 5.96 Å². The predicted octanol–water partition coefficient (Wildman–Crippen LogP) is 2.68. The Hall–Kier alpha value is -2.12. The number of benzene rings is 2. The van der Waals surface area contributed by atoms with Crippen molar-refractivity contribution in [3.05, 3.63) is 42.0 Å². The summed E-state index contributed by atoms with van der Waals surface area (Å²) in [5, 5.41) is 2.01. The molecule has 2 fully saturated rings. The first-order valence-electron chi connectivity index (χ1n) is 10.6. The Bertz CT molecular complexity index is 1050. The highest BCUT2D eigenvalue weighted by Crippen LogP contribution is 2.28. The molecule has 0 bridgehead atoms. The van der Waals surface area contributed by atoms with E-state index >= 15 is 0 Å². The van der Waals surface area contributed by atoms with Crippen LogP contribution in [0.4, 0.5) is 0 Å². The molecule has 0 spiro atoms. The third-order valence-electron chi connectivity index (χ3n) is 6.52. The van der Waals surface area contributed by atoms with Crippen LogP contribution in [0, 0.1) is 6.92 Å². The van der Waals surface area contributed by atoms with Crippen molar-refractivity contribution in [2.24, 2.45) is 4.99 Å². The molecule has 2 aliphatic heterocycles. The van der Waals surface area contributed by atoms with Gasteiger partial charge in [0, 0.05) is 32.2 Å². The molecule has 0 atom stereocenters. The Morgan fingerprint density at radius 3 is 2.38 bits per heavy atom. The SMILES string of the molecule is Cc1ccc2cc(S(=O)(=O)N3CCN=C3N3CCN(C4CCC4)CC3)ccc2c1. The average molecular weight is 413 g/mol. The van der Waals surface area contributed by atoms with Crippen LogP contribution in [0.2, 0.25) is 0 Å². The molecule has 0 aromatic heterocycles. The van der Waals surface area contributed by atoms with E-state index in [1.54, 1.807) is 12.1 Å². The summed E-state index contributed by atoms with van der Waals surface area (Å²) in [5.41, 5.74) is 1.17. The number of piperazine rings is 1. The summed E-state index contributed by atoms with van der Waals surface area (Å²) < 4.78 is 28.4. The van der Waals surface area contributed by atoms with Crippen LogP contribution in [0.15, 0.2) is 46.3 Å². The van der Waals surface area contributed by atoms with E-state index in [2.05, 4.69) is 20.9 Å². The molecule has 154 valence electrons. The summed E-state index contributed by atoms with van der Waals surface area (Å²) in [6, 6.07) is 12.2. The molecule has 3 aliphatic rings. The molecular formula is C22H28N4O2S. The van der Waals surface area contributed by atoms with E-state index in [0.29, 0.717) is 23.9 Å². The van der Waals surface area contributed by atoms with Gasteiger partial charge in [-0.3, -0.25) is 9.89 Å². The van der Waals surface area contributed by atoms with Crippen LogP contribution in [0.1, 0.15) is 24.8 Å². The smallest absolute Gasteiger partial charge is 0.266 e. The van der Waals surface area contributed by atoms with E-state index in [0.717, 1.165) is 43.0 Å². The van der Waals surface area contributed by atoms with Gasteiger partial charge in [-0.2, -0.15) is 0 Å². The van der Waals surface area contributed by atoms with Gasteiger partial charge < -0.3 is 4.90 Å². The fraction of sp³-hybridized carbons (Fsp3) is 0.500. The van der Waals surface area contributed by atoms with Crippen LogP contribution in [0.5, 0.6) is 0 Å². The minimum atomic E-state index is -3.61. The van der Waals surface area contributed by atoms with Gasteiger partial charge in [-0.15, -0.1) is 0 Å². The predicted molar refractivity (Wildman–Crippen MR) is 116 cm³/mol. The van der Waals surface area contributed by atoms with Gasteiger partial charge in [0.05, 0.1) is 18.0 Å². The zero-order valence-electron chi connectivity index (χ0n) is 16.9. The van der Waals surface area contributed by atoms with Crippen LogP contribution in [0.3, 0.4) is 0 Å². The van der Waals surface area contributed by atoms with E-state index in [9.17, 15) is 8.42 Å². The van der Waals surface area contributed by atoms with E-state index in [4.69, 9.17) is 0 Å². The van der Waals surface area contributed by atoms with Crippen molar-refractivity contribution < 1.29 is 8.42 Å². The maximum atomic E-state index is 13.4. The molecule has 0 radical (unpaired) electrons. The van der Waals surface area contributed by atoms with Gasteiger partial charge in [0.15, 0.2) is 0 Å². The first-order valence-corrected chi connectivity index (χ1v) is 12.0. The third kappa shape index (κ3) is 3.40. The zero-order chi connectivity index (χ0) is 20.0. The Balaban J connectivity index is 1.36. The zero-order valence-corrected chi connectivity index (χ0v) is 17.7. The highest BCUT2D eigenvalue weighted by atomic mass is 32.2. The molecule has 2 aromatic rings. The number of sulfonamides is 1. The molecule has 5 rings (SSSR count). The molecule has 29 heavy (non-hydrogen) atoms. The third-order valence-corrected chi connectivity index (χ3v) is 8.30. The monoisotopic (exact) mass is 412 g/mol. The Morgan fingerprint density at radius 1 is 0.931 bits per heavy atom. The molecule has 0 unspecified atom stereocenters. The number of fused-ring (bicyclic) bond motifs is 1. The first kappa shape index (κ1) is 18.9. The second-order valence-corrected chi connectivity index (χ2v) is 10.2. The second-order valence-electron chi connectivity index (χ2n) is 8.38. The maximum Gasteiger partial charge on any atom is 0.266 e. The number of rotatable bonds is 3. The van der Waals surface area contributed by atoms with Crippen molar-refractivity contribution in [1.29, 1.82) is 0 Å². The summed E-state index contributed by atoms with van der Waals surface area (Å²) in [7, 11) is -3.61. The Kier molecular flexibility index (Phi) is 4.75. The summed E-state index contributed by atoms with van der Waals surface area (Å²) in [4.78, 5) is 9.64. The molecule has 1 saturated heterocycles. The van der Waals surface area contributed by atoms with Crippen molar-refractivity contribution >= 4 is 26.8 Å². The fourth-order valence-corrected chi connectivity index (χ4v) is 6.06. The van der Waals surface area contributed by atoms with E-state index in [1.807, 2.05) is 25.1 Å². The molecule has 1 saturated carbocycles. The van der Waals surface area contributed by atoms with Crippen molar-refractivity contribution in [1.82, 2.24) is 14.1 Å². The Morgan fingerprint density at radius 2 is 1.66 bits per heavy atom. The van der Waals surface area contributed by atoms with Crippen LogP contribution in [0.25, 0.3) is 10.8 Å². The van der Waals surface area contributed by atoms with Gasteiger partial charge in [-0.05, 0) is 42.7 Å². The lowest BCUT2D eigenvalue weighted by molar-refractivity contribution is 0.0833. The summed E-state index contributed by atoms with van der Waals surface area (Å²) in [6.07, 6.45) is 3.96. The minimum absolute atomic E-state index is 0.344. The second kappa shape index (κ2) is 7.29.